The number of carbonyl (C=O) groups is 1. The van der Waals surface area contributed by atoms with E-state index in [0.717, 1.165) is 28.3 Å². The van der Waals surface area contributed by atoms with Crippen molar-refractivity contribution >= 4 is 17.3 Å². The van der Waals surface area contributed by atoms with Gasteiger partial charge in [-0.25, -0.2) is 4.98 Å². The fourth-order valence-corrected chi connectivity index (χ4v) is 2.15. The van der Waals surface area contributed by atoms with Crippen molar-refractivity contribution in [2.75, 3.05) is 5.32 Å². The molecule has 0 aliphatic carbocycles. The van der Waals surface area contributed by atoms with E-state index < -0.39 is 0 Å². The summed E-state index contributed by atoms with van der Waals surface area (Å²) in [6.07, 6.45) is 3.07. The summed E-state index contributed by atoms with van der Waals surface area (Å²) >= 11 is 0. The predicted molar refractivity (Wildman–Crippen MR) is 90.9 cm³/mol. The first-order valence-corrected chi connectivity index (χ1v) is 7.44. The highest BCUT2D eigenvalue weighted by molar-refractivity contribution is 5.88. The molecule has 1 amide bonds. The minimum absolute atomic E-state index is 0.0868. The second kappa shape index (κ2) is 7.32. The van der Waals surface area contributed by atoms with Crippen LogP contribution in [0.4, 0.5) is 11.4 Å². The van der Waals surface area contributed by atoms with E-state index in [1.54, 1.807) is 6.20 Å². The normalized spacial score (nSPS) is 10.9. The Morgan fingerprint density at radius 1 is 1.12 bits per heavy atom. The Labute approximate surface area is 139 Å². The molecule has 0 atom stereocenters. The molecule has 2 aromatic carbocycles. The van der Waals surface area contributed by atoms with Crippen LogP contribution >= 0.6 is 0 Å². The zero-order valence-electron chi connectivity index (χ0n) is 13.1. The molecule has 0 saturated carbocycles. The second-order valence-electron chi connectivity index (χ2n) is 5.19. The monoisotopic (exact) mass is 320 g/mol. The van der Waals surface area contributed by atoms with Gasteiger partial charge in [-0.2, -0.15) is 10.2 Å². The molecule has 0 unspecified atom stereocenters. The molecular formula is C18H16N4O2. The Morgan fingerprint density at radius 2 is 1.88 bits per heavy atom. The summed E-state index contributed by atoms with van der Waals surface area (Å²) in [6.45, 7) is 1.96. The fraction of sp³-hybridized carbons (Fsp3) is 0.111. The number of hydrogen-bond acceptors (Lipinski definition) is 5. The van der Waals surface area contributed by atoms with Crippen LogP contribution in [0.2, 0.25) is 0 Å². The van der Waals surface area contributed by atoms with Crippen LogP contribution in [0.15, 0.2) is 75.8 Å². The average molecular weight is 320 g/mol. The van der Waals surface area contributed by atoms with E-state index in [0.29, 0.717) is 6.54 Å². The Hall–Kier alpha value is -3.28. The molecule has 0 fully saturated rings. The smallest absolute Gasteiger partial charge is 0.221 e. The van der Waals surface area contributed by atoms with Crippen LogP contribution < -0.4 is 5.32 Å². The Bertz CT molecular complexity index is 822. The number of rotatable bonds is 5. The maximum Gasteiger partial charge on any atom is 0.221 e. The van der Waals surface area contributed by atoms with Crippen molar-refractivity contribution < 1.29 is 9.21 Å². The molecule has 0 aliphatic heterocycles. The van der Waals surface area contributed by atoms with Crippen LogP contribution in [0.3, 0.4) is 0 Å². The molecule has 0 spiro atoms. The van der Waals surface area contributed by atoms with Crippen molar-refractivity contribution in [2.24, 2.45) is 10.2 Å². The summed E-state index contributed by atoms with van der Waals surface area (Å²) < 4.78 is 5.24. The molecule has 0 bridgehead atoms. The van der Waals surface area contributed by atoms with E-state index in [1.165, 1.54) is 13.3 Å². The molecule has 24 heavy (non-hydrogen) atoms. The number of benzene rings is 2. The minimum Gasteiger partial charge on any atom is -0.444 e. The molecular weight excluding hydrogens is 304 g/mol. The number of anilines is 1. The van der Waals surface area contributed by atoms with Crippen LogP contribution in [0, 0.1) is 0 Å². The molecule has 6 heteroatoms. The number of amides is 1. The van der Waals surface area contributed by atoms with E-state index in [9.17, 15) is 4.79 Å². The summed E-state index contributed by atoms with van der Waals surface area (Å²) in [5.74, 6) is 0.633. The highest BCUT2D eigenvalue weighted by Crippen LogP contribution is 2.22. The zero-order valence-corrected chi connectivity index (χ0v) is 13.1. The van der Waals surface area contributed by atoms with E-state index in [-0.39, 0.29) is 5.91 Å². The van der Waals surface area contributed by atoms with Crippen LogP contribution in [-0.4, -0.2) is 10.9 Å². The van der Waals surface area contributed by atoms with Gasteiger partial charge in [0.25, 0.3) is 0 Å². The van der Waals surface area contributed by atoms with Gasteiger partial charge in [0.05, 0.1) is 18.4 Å². The maximum absolute atomic E-state index is 11.0. The third-order valence-corrected chi connectivity index (χ3v) is 3.30. The Morgan fingerprint density at radius 3 is 2.50 bits per heavy atom. The van der Waals surface area contributed by atoms with E-state index in [1.807, 2.05) is 48.5 Å². The molecule has 3 rings (SSSR count). The van der Waals surface area contributed by atoms with Crippen molar-refractivity contribution in [2.45, 2.75) is 13.5 Å². The first kappa shape index (κ1) is 15.6. The third-order valence-electron chi connectivity index (χ3n) is 3.30. The maximum atomic E-state index is 11.0. The number of oxazole rings is 1. The zero-order chi connectivity index (χ0) is 16.8. The van der Waals surface area contributed by atoms with Crippen molar-refractivity contribution in [3.8, 4) is 11.3 Å². The predicted octanol–water partition coefficient (Wildman–Crippen LogP) is 4.58. The number of nitrogens with one attached hydrogen (secondary N) is 1. The lowest BCUT2D eigenvalue weighted by atomic mass is 10.2. The average Bonchev–Trinajstić information content (AvgIpc) is 3.11. The summed E-state index contributed by atoms with van der Waals surface area (Å²) in [7, 11) is 0. The summed E-state index contributed by atoms with van der Waals surface area (Å²) in [5, 5.41) is 11.1. The lowest BCUT2D eigenvalue weighted by Gasteiger charge is -2.02. The van der Waals surface area contributed by atoms with E-state index in [4.69, 9.17) is 4.42 Å². The standard InChI is InChI=1S/C18H16N4O2/c1-13(23)21-16-6-2-14(3-7-16)10-20-22-17-8-4-15(5-9-17)18-11-19-12-24-18/h2-9,11-12H,10H2,1H3,(H,21,23). The Balaban J connectivity index is 1.59. The van der Waals surface area contributed by atoms with Crippen molar-refractivity contribution in [1.82, 2.24) is 4.98 Å². The van der Waals surface area contributed by atoms with Crippen LogP contribution in [-0.2, 0) is 11.3 Å². The van der Waals surface area contributed by atoms with Gasteiger partial charge in [0, 0.05) is 18.2 Å². The van der Waals surface area contributed by atoms with Gasteiger partial charge < -0.3 is 9.73 Å². The van der Waals surface area contributed by atoms with Gasteiger partial charge >= 0.3 is 0 Å². The lowest BCUT2D eigenvalue weighted by Crippen LogP contribution is -2.05. The molecule has 1 heterocycles. The van der Waals surface area contributed by atoms with Gasteiger partial charge in [0.2, 0.25) is 5.91 Å². The third kappa shape index (κ3) is 4.13. The number of nitrogens with zero attached hydrogens (tertiary/aromatic N) is 3. The largest absolute Gasteiger partial charge is 0.444 e. The molecule has 0 aliphatic rings. The lowest BCUT2D eigenvalue weighted by molar-refractivity contribution is -0.114. The van der Waals surface area contributed by atoms with Gasteiger partial charge in [0.15, 0.2) is 12.2 Å². The number of azo groups is 1. The van der Waals surface area contributed by atoms with E-state index >= 15 is 0 Å². The second-order valence-corrected chi connectivity index (χ2v) is 5.19. The molecule has 0 saturated heterocycles. The quantitative estimate of drug-likeness (QED) is 0.698. The first-order chi connectivity index (χ1) is 11.7. The van der Waals surface area contributed by atoms with Gasteiger partial charge in [-0.3, -0.25) is 4.79 Å². The fourth-order valence-electron chi connectivity index (χ4n) is 2.15. The molecule has 1 aromatic heterocycles. The molecule has 120 valence electrons. The highest BCUT2D eigenvalue weighted by atomic mass is 16.3. The van der Waals surface area contributed by atoms with Gasteiger partial charge in [-0.15, -0.1) is 0 Å². The van der Waals surface area contributed by atoms with Crippen LogP contribution in [0.25, 0.3) is 11.3 Å². The Kier molecular flexibility index (Phi) is 4.76. The number of hydrogen-bond donors (Lipinski definition) is 1. The van der Waals surface area contributed by atoms with Crippen molar-refractivity contribution in [1.29, 1.82) is 0 Å². The van der Waals surface area contributed by atoms with Crippen LogP contribution in [0.1, 0.15) is 12.5 Å². The summed E-state index contributed by atoms with van der Waals surface area (Å²) in [6, 6.07) is 15.1. The SMILES string of the molecule is CC(=O)Nc1ccc(CN=Nc2ccc(-c3cnco3)cc2)cc1. The molecule has 6 nitrogen and oxygen atoms in total. The van der Waals surface area contributed by atoms with E-state index in [2.05, 4.69) is 20.5 Å². The summed E-state index contributed by atoms with van der Waals surface area (Å²) in [5.41, 5.74) is 3.51. The van der Waals surface area contributed by atoms with Gasteiger partial charge in [0.1, 0.15) is 0 Å². The van der Waals surface area contributed by atoms with Gasteiger partial charge in [-0.1, -0.05) is 12.1 Å². The molecule has 3 aromatic rings. The summed E-state index contributed by atoms with van der Waals surface area (Å²) in [4.78, 5) is 14.9. The first-order valence-electron chi connectivity index (χ1n) is 7.44. The highest BCUT2D eigenvalue weighted by Gasteiger charge is 2.00. The van der Waals surface area contributed by atoms with Crippen LogP contribution in [0.5, 0.6) is 0 Å². The van der Waals surface area contributed by atoms with Crippen molar-refractivity contribution in [3.05, 3.63) is 66.7 Å². The number of carbonyl (C=O) groups excluding carboxylic acids is 1. The topological polar surface area (TPSA) is 79.9 Å². The minimum atomic E-state index is -0.0868. The molecule has 0 radical (unpaired) electrons. The van der Waals surface area contributed by atoms with Gasteiger partial charge in [-0.05, 0) is 42.0 Å². The number of aromatic nitrogens is 1. The molecule has 1 N–H and O–H groups in total. The van der Waals surface area contributed by atoms with Crippen molar-refractivity contribution in [3.63, 3.8) is 0 Å².